The zero-order valence-electron chi connectivity index (χ0n) is 16.1. The molecule has 1 saturated heterocycles. The van der Waals surface area contributed by atoms with E-state index in [1.54, 1.807) is 0 Å². The van der Waals surface area contributed by atoms with E-state index < -0.39 is 12.3 Å². The van der Waals surface area contributed by atoms with Crippen LogP contribution in [0.25, 0.3) is 22.3 Å². The lowest BCUT2D eigenvalue weighted by molar-refractivity contribution is -0.274. The van der Waals surface area contributed by atoms with E-state index >= 15 is 0 Å². The monoisotopic (exact) mass is 430 g/mol. The van der Waals surface area contributed by atoms with Gasteiger partial charge in [0.2, 0.25) is 0 Å². The predicted octanol–water partition coefficient (Wildman–Crippen LogP) is 3.15. The number of pyridine rings is 1. The SMILES string of the molecule is NC(=O)c1cc(-c2ccc(OC(F)(F)F)cc2)nc2c(N=C3CCCNC3)ncnc12. The van der Waals surface area contributed by atoms with Gasteiger partial charge in [0.1, 0.15) is 23.1 Å². The number of nitrogens with two attached hydrogens (primary N) is 1. The number of amides is 1. The molecule has 1 aliphatic heterocycles. The second-order valence-electron chi connectivity index (χ2n) is 6.84. The lowest BCUT2D eigenvalue weighted by atomic mass is 10.1. The first kappa shape index (κ1) is 20.7. The highest BCUT2D eigenvalue weighted by molar-refractivity contribution is 6.07. The molecule has 0 bridgehead atoms. The lowest BCUT2D eigenvalue weighted by Gasteiger charge is -2.14. The van der Waals surface area contributed by atoms with E-state index in [1.165, 1.54) is 24.5 Å². The van der Waals surface area contributed by atoms with E-state index in [1.807, 2.05) is 0 Å². The molecule has 1 aromatic carbocycles. The van der Waals surface area contributed by atoms with Crippen LogP contribution in [0.5, 0.6) is 5.75 Å². The molecule has 160 valence electrons. The Hall–Kier alpha value is -3.60. The van der Waals surface area contributed by atoms with Crippen molar-refractivity contribution in [2.75, 3.05) is 13.1 Å². The van der Waals surface area contributed by atoms with Gasteiger partial charge in [-0.15, -0.1) is 13.2 Å². The smallest absolute Gasteiger partial charge is 0.406 e. The number of primary amides is 1. The first-order valence-electron chi connectivity index (χ1n) is 9.39. The summed E-state index contributed by atoms with van der Waals surface area (Å²) in [5.74, 6) is -0.792. The summed E-state index contributed by atoms with van der Waals surface area (Å²) in [6, 6.07) is 6.57. The number of piperidine rings is 1. The number of nitrogens with one attached hydrogen (secondary N) is 1. The number of hydrogen-bond acceptors (Lipinski definition) is 7. The third-order valence-electron chi connectivity index (χ3n) is 4.63. The van der Waals surface area contributed by atoms with Gasteiger partial charge in [-0.1, -0.05) is 0 Å². The number of nitrogens with zero attached hydrogens (tertiary/aromatic N) is 4. The highest BCUT2D eigenvalue weighted by atomic mass is 19.4. The van der Waals surface area contributed by atoms with Gasteiger partial charge < -0.3 is 15.8 Å². The van der Waals surface area contributed by atoms with E-state index in [0.717, 1.165) is 37.2 Å². The number of rotatable bonds is 4. The highest BCUT2D eigenvalue weighted by Gasteiger charge is 2.31. The van der Waals surface area contributed by atoms with Crippen molar-refractivity contribution < 1.29 is 22.7 Å². The molecule has 0 spiro atoms. The van der Waals surface area contributed by atoms with Crippen molar-refractivity contribution in [3.05, 3.63) is 42.2 Å². The van der Waals surface area contributed by atoms with Gasteiger partial charge in [-0.25, -0.2) is 19.9 Å². The Labute approximate surface area is 174 Å². The minimum Gasteiger partial charge on any atom is -0.406 e. The molecule has 0 radical (unpaired) electrons. The van der Waals surface area contributed by atoms with Crippen LogP contribution in [-0.4, -0.2) is 46.0 Å². The molecule has 3 N–H and O–H groups in total. The van der Waals surface area contributed by atoms with Crippen LogP contribution in [0.15, 0.2) is 41.7 Å². The number of fused-ring (bicyclic) bond motifs is 1. The van der Waals surface area contributed by atoms with Crippen LogP contribution in [0.2, 0.25) is 0 Å². The average Bonchev–Trinajstić information content (AvgIpc) is 2.73. The van der Waals surface area contributed by atoms with Gasteiger partial charge in [-0.3, -0.25) is 4.79 Å². The number of halogens is 3. The summed E-state index contributed by atoms with van der Waals surface area (Å²) in [5, 5.41) is 3.23. The number of aromatic nitrogens is 3. The fourth-order valence-electron chi connectivity index (χ4n) is 3.26. The molecule has 4 rings (SSSR count). The third kappa shape index (κ3) is 4.77. The summed E-state index contributed by atoms with van der Waals surface area (Å²) < 4.78 is 41.1. The van der Waals surface area contributed by atoms with Gasteiger partial charge >= 0.3 is 6.36 Å². The van der Waals surface area contributed by atoms with Gasteiger partial charge in [0.05, 0.1) is 11.3 Å². The normalized spacial score (nSPS) is 15.9. The Morgan fingerprint density at radius 3 is 2.58 bits per heavy atom. The van der Waals surface area contributed by atoms with Crippen molar-refractivity contribution in [3.8, 4) is 17.0 Å². The maximum atomic E-state index is 12.4. The summed E-state index contributed by atoms with van der Waals surface area (Å²) in [4.78, 5) is 29.5. The number of hydrogen-bond donors (Lipinski definition) is 2. The molecule has 1 fully saturated rings. The molecule has 8 nitrogen and oxygen atoms in total. The molecule has 3 aromatic rings. The zero-order valence-corrected chi connectivity index (χ0v) is 16.1. The maximum Gasteiger partial charge on any atom is 0.573 e. The molecule has 0 atom stereocenters. The molecule has 31 heavy (non-hydrogen) atoms. The molecular formula is C20H17F3N6O2. The first-order chi connectivity index (χ1) is 14.8. The Morgan fingerprint density at radius 1 is 1.16 bits per heavy atom. The van der Waals surface area contributed by atoms with Crippen molar-refractivity contribution in [2.24, 2.45) is 10.7 Å². The minimum atomic E-state index is -4.79. The van der Waals surface area contributed by atoms with Crippen molar-refractivity contribution in [1.82, 2.24) is 20.3 Å². The topological polar surface area (TPSA) is 115 Å². The molecule has 11 heteroatoms. The van der Waals surface area contributed by atoms with Crippen molar-refractivity contribution in [3.63, 3.8) is 0 Å². The van der Waals surface area contributed by atoms with Crippen LogP contribution in [0.4, 0.5) is 19.0 Å². The van der Waals surface area contributed by atoms with Crippen LogP contribution >= 0.6 is 0 Å². The fraction of sp³-hybridized carbons (Fsp3) is 0.250. The van der Waals surface area contributed by atoms with E-state index in [9.17, 15) is 18.0 Å². The minimum absolute atomic E-state index is 0.112. The van der Waals surface area contributed by atoms with Crippen molar-refractivity contribution in [2.45, 2.75) is 19.2 Å². The largest absolute Gasteiger partial charge is 0.573 e. The van der Waals surface area contributed by atoms with Crippen molar-refractivity contribution >= 4 is 28.5 Å². The molecule has 1 amide bonds. The van der Waals surface area contributed by atoms with E-state index in [0.29, 0.717) is 23.6 Å². The number of carbonyl (C=O) groups is 1. The molecule has 2 aromatic heterocycles. The van der Waals surface area contributed by atoms with Crippen LogP contribution in [0, 0.1) is 0 Å². The average molecular weight is 430 g/mol. The molecule has 0 unspecified atom stereocenters. The Morgan fingerprint density at radius 2 is 1.94 bits per heavy atom. The molecular weight excluding hydrogens is 413 g/mol. The Kier molecular flexibility index (Phi) is 5.51. The van der Waals surface area contributed by atoms with Gasteiger partial charge in [-0.2, -0.15) is 0 Å². The third-order valence-corrected chi connectivity index (χ3v) is 4.63. The summed E-state index contributed by atoms with van der Waals surface area (Å²) in [7, 11) is 0. The van der Waals surface area contributed by atoms with Crippen molar-refractivity contribution in [1.29, 1.82) is 0 Å². The van der Waals surface area contributed by atoms with Gasteiger partial charge in [0, 0.05) is 17.8 Å². The highest BCUT2D eigenvalue weighted by Crippen LogP contribution is 2.30. The standard InChI is InChI=1S/C20H17F3N6O2/c21-20(22,23)31-13-5-3-11(4-6-13)15-8-14(18(24)30)16-17(29-15)19(27-10-26-16)28-12-2-1-7-25-9-12/h3-6,8,10,25H,1-2,7,9H2,(H2,24,30). The van der Waals surface area contributed by atoms with E-state index in [2.05, 4.69) is 30.0 Å². The van der Waals surface area contributed by atoms with E-state index in [4.69, 9.17) is 5.73 Å². The quantitative estimate of drug-likeness (QED) is 0.657. The number of ether oxygens (including phenoxy) is 1. The van der Waals surface area contributed by atoms with Crippen LogP contribution < -0.4 is 15.8 Å². The second kappa shape index (κ2) is 8.26. The molecule has 3 heterocycles. The van der Waals surface area contributed by atoms with Crippen LogP contribution in [0.3, 0.4) is 0 Å². The summed E-state index contributed by atoms with van der Waals surface area (Å²) >= 11 is 0. The first-order valence-corrected chi connectivity index (χ1v) is 9.39. The molecule has 1 aliphatic rings. The summed E-state index contributed by atoms with van der Waals surface area (Å²) in [6.45, 7) is 1.53. The Balaban J connectivity index is 1.81. The summed E-state index contributed by atoms with van der Waals surface area (Å²) in [5.41, 5.74) is 7.86. The van der Waals surface area contributed by atoms with E-state index in [-0.39, 0.29) is 22.3 Å². The summed E-state index contributed by atoms with van der Waals surface area (Å²) in [6.07, 6.45) is -1.75. The number of carbonyl (C=O) groups excluding carboxylic acids is 1. The van der Waals surface area contributed by atoms with Gasteiger partial charge in [-0.05, 0) is 49.7 Å². The number of benzene rings is 1. The van der Waals surface area contributed by atoms with Crippen LogP contribution in [-0.2, 0) is 0 Å². The predicted molar refractivity (Wildman–Crippen MR) is 107 cm³/mol. The fourth-order valence-corrected chi connectivity index (χ4v) is 3.26. The number of alkyl halides is 3. The second-order valence-corrected chi connectivity index (χ2v) is 6.84. The molecule has 0 saturated carbocycles. The molecule has 0 aliphatic carbocycles. The van der Waals surface area contributed by atoms with Crippen LogP contribution in [0.1, 0.15) is 23.2 Å². The van der Waals surface area contributed by atoms with Gasteiger partial charge in [0.15, 0.2) is 5.82 Å². The maximum absolute atomic E-state index is 12.4. The number of aliphatic imine (C=N–C) groups is 1. The van der Waals surface area contributed by atoms with Gasteiger partial charge in [0.25, 0.3) is 5.91 Å². The Bertz CT molecular complexity index is 1150. The lowest BCUT2D eigenvalue weighted by Crippen LogP contribution is -2.29. The zero-order chi connectivity index (χ0) is 22.0.